The highest BCUT2D eigenvalue weighted by Crippen LogP contribution is 2.19. The first-order chi connectivity index (χ1) is 21.2. The Hall–Kier alpha value is -5.21. The number of carbonyl (C=O) groups is 5. The van der Waals surface area contributed by atoms with Crippen molar-refractivity contribution in [2.24, 2.45) is 16.8 Å². The van der Waals surface area contributed by atoms with Crippen molar-refractivity contribution in [1.29, 1.82) is 0 Å². The molecule has 244 valence electrons. The first kappa shape index (κ1) is 36.0. The van der Waals surface area contributed by atoms with Gasteiger partial charge in [0.25, 0.3) is 0 Å². The van der Waals surface area contributed by atoms with Crippen LogP contribution in [0, 0.1) is 10.8 Å². The van der Waals surface area contributed by atoms with Crippen LogP contribution in [-0.4, -0.2) is 54.3 Å². The average molecular weight is 629 g/mol. The normalized spacial score (nSPS) is 12.2. The highest BCUT2D eigenvalue weighted by molar-refractivity contribution is 5.98. The van der Waals surface area contributed by atoms with Crippen molar-refractivity contribution in [1.82, 2.24) is 16.0 Å². The lowest BCUT2D eigenvalue weighted by molar-refractivity contribution is -0.128. The van der Waals surface area contributed by atoms with E-state index in [1.807, 2.05) is 0 Å². The molecular formula is C30H40N6O9. The number of nitrogens with one attached hydrogen (secondary N) is 4. The number of amides is 5. The van der Waals surface area contributed by atoms with Gasteiger partial charge in [0.05, 0.1) is 0 Å². The summed E-state index contributed by atoms with van der Waals surface area (Å²) in [5, 5.41) is 13.2. The van der Waals surface area contributed by atoms with E-state index < -0.39 is 47.8 Å². The van der Waals surface area contributed by atoms with Gasteiger partial charge in [0.2, 0.25) is 11.8 Å². The molecule has 0 radical (unpaired) electrons. The van der Waals surface area contributed by atoms with Gasteiger partial charge in [-0.2, -0.15) is 0 Å². The van der Waals surface area contributed by atoms with Crippen LogP contribution in [0.4, 0.5) is 25.8 Å². The van der Waals surface area contributed by atoms with Crippen molar-refractivity contribution in [3.8, 4) is 5.75 Å². The third-order valence-corrected chi connectivity index (χ3v) is 5.94. The number of anilines is 1. The van der Waals surface area contributed by atoms with Crippen molar-refractivity contribution < 1.29 is 38.2 Å². The van der Waals surface area contributed by atoms with Crippen LogP contribution < -0.4 is 31.7 Å². The lowest BCUT2D eigenvalue weighted by atomic mass is 10.0. The molecule has 2 atom stereocenters. The number of primary amides is 1. The van der Waals surface area contributed by atoms with E-state index in [0.29, 0.717) is 17.7 Å². The third-order valence-electron chi connectivity index (χ3n) is 5.94. The number of urea groups is 1. The molecular weight excluding hydrogens is 588 g/mol. The van der Waals surface area contributed by atoms with Gasteiger partial charge in [0.1, 0.15) is 35.7 Å². The molecule has 0 heterocycles. The number of carbonyl (C=O) groups excluding carboxylic acids is 5. The number of nitrogens with two attached hydrogens (primary N) is 1. The van der Waals surface area contributed by atoms with Crippen LogP contribution in [0.25, 0.3) is 0 Å². The van der Waals surface area contributed by atoms with Crippen molar-refractivity contribution in [3.05, 3.63) is 59.0 Å². The molecule has 2 aromatic carbocycles. The van der Waals surface area contributed by atoms with E-state index in [0.717, 1.165) is 0 Å². The van der Waals surface area contributed by atoms with Gasteiger partial charge in [-0.05, 0) is 86.7 Å². The molecule has 0 fully saturated rings. The summed E-state index contributed by atoms with van der Waals surface area (Å²) in [6, 6.07) is 9.27. The highest BCUT2D eigenvalue weighted by Gasteiger charge is 2.30. The number of benzene rings is 2. The second kappa shape index (κ2) is 17.2. The first-order valence-corrected chi connectivity index (χ1v) is 14.2. The molecule has 5 amide bonds. The van der Waals surface area contributed by atoms with Gasteiger partial charge in [-0.1, -0.05) is 26.0 Å². The quantitative estimate of drug-likeness (QED) is 0.0874. The number of alkyl carbamates (subject to hydrolysis) is 1. The zero-order chi connectivity index (χ0) is 33.6. The van der Waals surface area contributed by atoms with Crippen LogP contribution in [0.2, 0.25) is 0 Å². The molecule has 15 heteroatoms. The Kier molecular flexibility index (Phi) is 13.7. The van der Waals surface area contributed by atoms with Crippen molar-refractivity contribution in [2.45, 2.75) is 71.8 Å². The van der Waals surface area contributed by atoms with E-state index in [1.54, 1.807) is 58.9 Å². The number of nitroso groups, excluding NO2 is 1. The molecule has 0 bridgehead atoms. The maximum absolute atomic E-state index is 13.2. The van der Waals surface area contributed by atoms with Gasteiger partial charge in [-0.3, -0.25) is 9.59 Å². The molecule has 0 saturated heterocycles. The molecule has 0 aromatic heterocycles. The summed E-state index contributed by atoms with van der Waals surface area (Å²) in [7, 11) is 0. The van der Waals surface area contributed by atoms with Crippen molar-refractivity contribution in [3.63, 3.8) is 0 Å². The highest BCUT2D eigenvalue weighted by atomic mass is 16.7. The smallest absolute Gasteiger partial charge is 0.444 e. The van der Waals surface area contributed by atoms with E-state index in [9.17, 15) is 28.9 Å². The Morgan fingerprint density at radius 1 is 0.911 bits per heavy atom. The maximum atomic E-state index is 13.2. The molecule has 0 aliphatic heterocycles. The fraction of sp³-hybridized carbons (Fsp3) is 0.433. The first-order valence-electron chi connectivity index (χ1n) is 14.2. The largest absolute Gasteiger partial charge is 0.514 e. The number of hydrogen-bond acceptors (Lipinski definition) is 10. The average Bonchev–Trinajstić information content (AvgIpc) is 2.96. The molecule has 0 aliphatic carbocycles. The summed E-state index contributed by atoms with van der Waals surface area (Å²) < 4.78 is 15.4. The lowest BCUT2D eigenvalue weighted by Gasteiger charge is -2.27. The van der Waals surface area contributed by atoms with Crippen LogP contribution in [0.3, 0.4) is 0 Å². The molecule has 45 heavy (non-hydrogen) atoms. The van der Waals surface area contributed by atoms with E-state index in [4.69, 9.17) is 19.9 Å². The molecule has 0 aliphatic rings. The third kappa shape index (κ3) is 13.8. The van der Waals surface area contributed by atoms with Crippen molar-refractivity contribution >= 4 is 41.5 Å². The van der Waals surface area contributed by atoms with Gasteiger partial charge in [0, 0.05) is 12.2 Å². The van der Waals surface area contributed by atoms with Gasteiger partial charge in [-0.15, -0.1) is 4.91 Å². The molecule has 0 spiro atoms. The van der Waals surface area contributed by atoms with Crippen LogP contribution in [-0.2, 0) is 25.7 Å². The number of hydrogen-bond donors (Lipinski definition) is 5. The second-order valence-electron chi connectivity index (χ2n) is 11.3. The summed E-state index contributed by atoms with van der Waals surface area (Å²) in [5.74, 6) is -1.27. The van der Waals surface area contributed by atoms with Crippen molar-refractivity contribution in [2.75, 3.05) is 11.9 Å². The van der Waals surface area contributed by atoms with Crippen LogP contribution in [0.15, 0.2) is 53.7 Å². The van der Waals surface area contributed by atoms with Gasteiger partial charge in [0.15, 0.2) is 0 Å². The van der Waals surface area contributed by atoms with Gasteiger partial charge in [-0.25, -0.2) is 14.4 Å². The summed E-state index contributed by atoms with van der Waals surface area (Å²) in [6.07, 6.45) is -1.26. The molecule has 2 rings (SSSR count). The molecule has 2 aromatic rings. The number of rotatable bonds is 14. The fourth-order valence-corrected chi connectivity index (χ4v) is 3.77. The minimum atomic E-state index is -1.02. The minimum absolute atomic E-state index is 0.117. The summed E-state index contributed by atoms with van der Waals surface area (Å²) in [5.41, 5.74) is 5.52. The van der Waals surface area contributed by atoms with Gasteiger partial charge < -0.3 is 41.2 Å². The Bertz CT molecular complexity index is 1320. The number of nitrogens with zero attached hydrogens (tertiary/aromatic N) is 1. The van der Waals surface area contributed by atoms with Crippen LogP contribution in [0.5, 0.6) is 5.75 Å². The number of ether oxygens (including phenoxy) is 3. The Morgan fingerprint density at radius 2 is 1.56 bits per heavy atom. The van der Waals surface area contributed by atoms with Crippen LogP contribution >= 0.6 is 0 Å². The topological polar surface area (TPSA) is 217 Å². The summed E-state index contributed by atoms with van der Waals surface area (Å²) in [6.45, 7) is 8.63. The zero-order valence-corrected chi connectivity index (χ0v) is 25.9. The van der Waals surface area contributed by atoms with E-state index in [2.05, 4.69) is 26.4 Å². The van der Waals surface area contributed by atoms with E-state index in [1.165, 1.54) is 24.3 Å². The zero-order valence-electron chi connectivity index (χ0n) is 25.9. The molecule has 6 N–H and O–H groups in total. The predicted octanol–water partition coefficient (Wildman–Crippen LogP) is 4.22. The predicted molar refractivity (Wildman–Crippen MR) is 165 cm³/mol. The Labute approximate surface area is 260 Å². The SMILES string of the molecule is CC(C)[C@H](NC(=O)OC(C)(C)C)C(=O)N[C@@H](CCCNC(N)=O)C(=O)Nc1ccc(COC(=O)Oc2ccc(N=O)cc2)cc1. The monoisotopic (exact) mass is 628 g/mol. The van der Waals surface area contributed by atoms with E-state index in [-0.39, 0.29) is 36.9 Å². The molecule has 0 saturated carbocycles. The Morgan fingerprint density at radius 3 is 2.11 bits per heavy atom. The summed E-state index contributed by atoms with van der Waals surface area (Å²) >= 11 is 0. The second-order valence-corrected chi connectivity index (χ2v) is 11.3. The molecule has 0 unspecified atom stereocenters. The van der Waals surface area contributed by atoms with E-state index >= 15 is 0 Å². The molecule has 15 nitrogen and oxygen atoms in total. The van der Waals surface area contributed by atoms with Gasteiger partial charge >= 0.3 is 18.3 Å². The summed E-state index contributed by atoms with van der Waals surface area (Å²) in [4.78, 5) is 72.3. The maximum Gasteiger partial charge on any atom is 0.514 e. The lowest BCUT2D eigenvalue weighted by Crippen LogP contribution is -2.55. The fourth-order valence-electron chi connectivity index (χ4n) is 3.77. The Balaban J connectivity index is 2.02. The standard InChI is InChI=1S/C30H40N6O9/c1-18(2)24(35-28(40)45-30(3,4)5)26(38)34-23(7-6-16-32-27(31)39)25(37)33-20-10-8-19(9-11-20)17-43-29(41)44-22-14-12-21(36-42)13-15-22/h8-15,18,23-24H,6-7,16-17H2,1-5H3,(H,33,37)(H,34,38)(H,35,40)(H3,31,32,39)/t23-,24-/m0/s1. The minimum Gasteiger partial charge on any atom is -0.444 e. The van der Waals surface area contributed by atoms with Crippen LogP contribution in [0.1, 0.15) is 53.0 Å².